The predicted octanol–water partition coefficient (Wildman–Crippen LogP) is 2.70. The SMILES string of the molecule is CN(Cc1ccc(F)c(F)c1)C(=O)c1ccc(CN)cc1. The van der Waals surface area contributed by atoms with Crippen molar-refractivity contribution in [2.24, 2.45) is 5.73 Å². The van der Waals surface area contributed by atoms with Crippen molar-refractivity contribution in [3.63, 3.8) is 0 Å². The van der Waals surface area contributed by atoms with E-state index in [2.05, 4.69) is 0 Å². The Morgan fingerprint density at radius 2 is 1.67 bits per heavy atom. The quantitative estimate of drug-likeness (QED) is 0.941. The molecule has 0 aromatic heterocycles. The molecule has 1 amide bonds. The highest BCUT2D eigenvalue weighted by molar-refractivity contribution is 5.94. The monoisotopic (exact) mass is 290 g/mol. The Morgan fingerprint density at radius 1 is 1.05 bits per heavy atom. The van der Waals surface area contributed by atoms with Gasteiger partial charge in [0, 0.05) is 25.7 Å². The molecule has 2 aromatic carbocycles. The second-order valence-corrected chi connectivity index (χ2v) is 4.81. The Bertz CT molecular complexity index is 641. The fourth-order valence-corrected chi connectivity index (χ4v) is 1.99. The van der Waals surface area contributed by atoms with Crippen molar-refractivity contribution in [2.45, 2.75) is 13.1 Å². The molecule has 0 aliphatic carbocycles. The fraction of sp³-hybridized carbons (Fsp3) is 0.188. The molecule has 0 aliphatic heterocycles. The molecule has 3 nitrogen and oxygen atoms in total. The van der Waals surface area contributed by atoms with Crippen LogP contribution in [0, 0.1) is 11.6 Å². The average Bonchev–Trinajstić information content (AvgIpc) is 2.50. The third-order valence-electron chi connectivity index (χ3n) is 3.19. The minimum Gasteiger partial charge on any atom is -0.337 e. The molecule has 0 radical (unpaired) electrons. The van der Waals surface area contributed by atoms with E-state index in [9.17, 15) is 13.6 Å². The summed E-state index contributed by atoms with van der Waals surface area (Å²) >= 11 is 0. The first-order chi connectivity index (χ1) is 10.0. The van der Waals surface area contributed by atoms with E-state index in [-0.39, 0.29) is 12.5 Å². The highest BCUT2D eigenvalue weighted by Gasteiger charge is 2.13. The maximum Gasteiger partial charge on any atom is 0.253 e. The maximum atomic E-state index is 13.1. The summed E-state index contributed by atoms with van der Waals surface area (Å²) in [7, 11) is 1.61. The van der Waals surface area contributed by atoms with Crippen LogP contribution in [0.1, 0.15) is 21.5 Å². The van der Waals surface area contributed by atoms with Crippen LogP contribution in [0.15, 0.2) is 42.5 Å². The maximum absolute atomic E-state index is 13.1. The van der Waals surface area contributed by atoms with Crippen molar-refractivity contribution in [1.82, 2.24) is 4.90 Å². The molecule has 2 N–H and O–H groups in total. The van der Waals surface area contributed by atoms with Gasteiger partial charge in [-0.25, -0.2) is 8.78 Å². The standard InChI is InChI=1S/C16H16F2N2O/c1-20(10-12-4-7-14(17)15(18)8-12)16(21)13-5-2-11(9-19)3-6-13/h2-8H,9-10,19H2,1H3. The minimum absolute atomic E-state index is 0.191. The van der Waals surface area contributed by atoms with Crippen LogP contribution in [-0.4, -0.2) is 17.9 Å². The van der Waals surface area contributed by atoms with Gasteiger partial charge < -0.3 is 10.6 Å². The van der Waals surface area contributed by atoms with E-state index in [1.807, 2.05) is 0 Å². The van der Waals surface area contributed by atoms with Crippen molar-refractivity contribution in [2.75, 3.05) is 7.05 Å². The van der Waals surface area contributed by atoms with Gasteiger partial charge in [0.2, 0.25) is 0 Å². The summed E-state index contributed by atoms with van der Waals surface area (Å²) in [6.45, 7) is 0.619. The lowest BCUT2D eigenvalue weighted by Crippen LogP contribution is -2.26. The fourth-order valence-electron chi connectivity index (χ4n) is 1.99. The Morgan fingerprint density at radius 3 is 2.24 bits per heavy atom. The summed E-state index contributed by atoms with van der Waals surface area (Å²) in [4.78, 5) is 13.7. The molecule has 5 heteroatoms. The largest absolute Gasteiger partial charge is 0.337 e. The van der Waals surface area contributed by atoms with Gasteiger partial charge in [0.15, 0.2) is 11.6 Å². The summed E-state index contributed by atoms with van der Waals surface area (Å²) in [5.74, 6) is -2.01. The molecule has 0 heterocycles. The highest BCUT2D eigenvalue weighted by atomic mass is 19.2. The van der Waals surface area contributed by atoms with E-state index >= 15 is 0 Å². The van der Waals surface area contributed by atoms with Crippen molar-refractivity contribution >= 4 is 5.91 Å². The van der Waals surface area contributed by atoms with Crippen molar-refractivity contribution in [3.05, 3.63) is 70.8 Å². The minimum atomic E-state index is -0.916. The van der Waals surface area contributed by atoms with Crippen molar-refractivity contribution in [3.8, 4) is 0 Å². The van der Waals surface area contributed by atoms with E-state index in [1.54, 1.807) is 31.3 Å². The first-order valence-electron chi connectivity index (χ1n) is 6.49. The number of nitrogens with two attached hydrogens (primary N) is 1. The zero-order chi connectivity index (χ0) is 15.4. The summed E-state index contributed by atoms with van der Waals surface area (Å²) < 4.78 is 26.0. The number of benzene rings is 2. The number of hydrogen-bond acceptors (Lipinski definition) is 2. The molecule has 2 rings (SSSR count). The van der Waals surface area contributed by atoms with Gasteiger partial charge in [0.25, 0.3) is 5.91 Å². The van der Waals surface area contributed by atoms with Crippen LogP contribution in [0.25, 0.3) is 0 Å². The third-order valence-corrected chi connectivity index (χ3v) is 3.19. The molecule has 0 atom stereocenters. The molecule has 0 spiro atoms. The zero-order valence-electron chi connectivity index (χ0n) is 11.6. The lowest BCUT2D eigenvalue weighted by molar-refractivity contribution is 0.0785. The third kappa shape index (κ3) is 3.64. The molecule has 0 saturated carbocycles. The van der Waals surface area contributed by atoms with Gasteiger partial charge in [-0.15, -0.1) is 0 Å². The van der Waals surface area contributed by atoms with Crippen LogP contribution >= 0.6 is 0 Å². The number of carbonyl (C=O) groups excluding carboxylic acids is 1. The lowest BCUT2D eigenvalue weighted by Gasteiger charge is -2.17. The van der Waals surface area contributed by atoms with Crippen LogP contribution in [0.4, 0.5) is 8.78 Å². The van der Waals surface area contributed by atoms with Gasteiger partial charge in [0.05, 0.1) is 0 Å². The topological polar surface area (TPSA) is 46.3 Å². The molecular formula is C16H16F2N2O. The summed E-state index contributed by atoms with van der Waals surface area (Å²) in [5, 5.41) is 0. The van der Waals surface area contributed by atoms with Crippen LogP contribution in [-0.2, 0) is 13.1 Å². The molecule has 0 saturated heterocycles. The van der Waals surface area contributed by atoms with Gasteiger partial charge in [-0.3, -0.25) is 4.79 Å². The molecular weight excluding hydrogens is 274 g/mol. The van der Waals surface area contributed by atoms with Crippen LogP contribution in [0.2, 0.25) is 0 Å². The van der Waals surface area contributed by atoms with Gasteiger partial charge in [0.1, 0.15) is 0 Å². The van der Waals surface area contributed by atoms with E-state index in [0.717, 1.165) is 17.7 Å². The van der Waals surface area contributed by atoms with E-state index in [0.29, 0.717) is 17.7 Å². The van der Waals surface area contributed by atoms with E-state index < -0.39 is 11.6 Å². The second kappa shape index (κ2) is 6.45. The van der Waals surface area contributed by atoms with Gasteiger partial charge in [-0.2, -0.15) is 0 Å². The first kappa shape index (κ1) is 15.1. The Labute approximate surface area is 122 Å². The Balaban J connectivity index is 2.09. The number of nitrogens with zero attached hydrogens (tertiary/aromatic N) is 1. The molecule has 0 fully saturated rings. The van der Waals surface area contributed by atoms with Crippen molar-refractivity contribution in [1.29, 1.82) is 0 Å². The van der Waals surface area contributed by atoms with Gasteiger partial charge >= 0.3 is 0 Å². The van der Waals surface area contributed by atoms with E-state index in [4.69, 9.17) is 5.73 Å². The molecule has 0 bridgehead atoms. The van der Waals surface area contributed by atoms with Crippen LogP contribution in [0.3, 0.4) is 0 Å². The Hall–Kier alpha value is -2.27. The summed E-state index contributed by atoms with van der Waals surface area (Å²) in [6, 6.07) is 10.6. The van der Waals surface area contributed by atoms with E-state index in [1.165, 1.54) is 11.0 Å². The number of halogens is 2. The van der Waals surface area contributed by atoms with Gasteiger partial charge in [-0.1, -0.05) is 18.2 Å². The molecule has 21 heavy (non-hydrogen) atoms. The normalized spacial score (nSPS) is 10.5. The smallest absolute Gasteiger partial charge is 0.253 e. The average molecular weight is 290 g/mol. The number of hydrogen-bond donors (Lipinski definition) is 1. The molecule has 0 unspecified atom stereocenters. The highest BCUT2D eigenvalue weighted by Crippen LogP contribution is 2.13. The lowest BCUT2D eigenvalue weighted by atomic mass is 10.1. The number of rotatable bonds is 4. The zero-order valence-corrected chi connectivity index (χ0v) is 11.6. The number of amides is 1. The number of carbonyl (C=O) groups is 1. The predicted molar refractivity (Wildman–Crippen MR) is 76.5 cm³/mol. The first-order valence-corrected chi connectivity index (χ1v) is 6.49. The van der Waals surface area contributed by atoms with Crippen LogP contribution in [0.5, 0.6) is 0 Å². The van der Waals surface area contributed by atoms with Crippen molar-refractivity contribution < 1.29 is 13.6 Å². The second-order valence-electron chi connectivity index (χ2n) is 4.81. The summed E-state index contributed by atoms with van der Waals surface area (Å²) in [5.41, 5.74) is 7.50. The molecule has 2 aromatic rings. The van der Waals surface area contributed by atoms with Crippen LogP contribution < -0.4 is 5.73 Å². The molecule has 110 valence electrons. The van der Waals surface area contributed by atoms with Gasteiger partial charge in [-0.05, 0) is 35.4 Å². The summed E-state index contributed by atoms with van der Waals surface area (Å²) in [6.07, 6.45) is 0. The molecule has 0 aliphatic rings. The Kier molecular flexibility index (Phi) is 4.65.